The summed E-state index contributed by atoms with van der Waals surface area (Å²) >= 11 is 0.969. The average Bonchev–Trinajstić information content (AvgIpc) is 3.04. The third-order valence-corrected chi connectivity index (χ3v) is 3.96. The minimum Gasteiger partial charge on any atom is -0.300 e. The van der Waals surface area contributed by atoms with Crippen molar-refractivity contribution < 1.29 is 9.59 Å². The predicted molar refractivity (Wildman–Crippen MR) is 89.1 cm³/mol. The lowest BCUT2D eigenvalue weighted by atomic mass is 10.1. The summed E-state index contributed by atoms with van der Waals surface area (Å²) in [6.07, 6.45) is 1.65. The van der Waals surface area contributed by atoms with E-state index in [-0.39, 0.29) is 33.8 Å². The molecule has 0 saturated carbocycles. The Kier molecular flexibility index (Phi) is 4.57. The third kappa shape index (κ3) is 3.61. The van der Waals surface area contributed by atoms with Crippen molar-refractivity contribution in [3.8, 4) is 0 Å². The number of ketones is 1. The number of amides is 1. The molecule has 0 aliphatic rings. The number of nitrogens with one attached hydrogen (secondary N) is 2. The lowest BCUT2D eigenvalue weighted by Crippen LogP contribution is -2.14. The van der Waals surface area contributed by atoms with Gasteiger partial charge in [-0.25, -0.2) is 4.98 Å². The molecule has 119 valence electrons. The molecule has 3 rings (SSSR count). The van der Waals surface area contributed by atoms with Crippen LogP contribution in [0.15, 0.2) is 48.7 Å². The zero-order valence-electron chi connectivity index (χ0n) is 12.4. The summed E-state index contributed by atoms with van der Waals surface area (Å²) in [4.78, 5) is 28.0. The molecule has 1 amide bonds. The van der Waals surface area contributed by atoms with Crippen LogP contribution in [-0.2, 0) is 11.2 Å². The molecule has 0 aliphatic carbocycles. The quantitative estimate of drug-likeness (QED) is 0.718. The summed E-state index contributed by atoms with van der Waals surface area (Å²) in [6, 6.07) is 12.4. The Bertz CT molecular complexity index is 879. The van der Waals surface area contributed by atoms with Crippen molar-refractivity contribution in [3.05, 3.63) is 64.8 Å². The Balaban J connectivity index is 1.68. The fraction of sp³-hybridized carbons (Fsp3) is 0.0625. The number of carbonyl (C=O) groups is 2. The second-order valence-corrected chi connectivity index (χ2v) is 5.83. The highest BCUT2D eigenvalue weighted by molar-refractivity contribution is 7.17. The minimum absolute atomic E-state index is 0.103. The van der Waals surface area contributed by atoms with E-state index in [1.165, 1.54) is 12.3 Å². The van der Waals surface area contributed by atoms with E-state index >= 15 is 0 Å². The first-order valence-electron chi connectivity index (χ1n) is 7.02. The lowest BCUT2D eigenvalue weighted by molar-refractivity contribution is -0.115. The van der Waals surface area contributed by atoms with Gasteiger partial charge in [0.1, 0.15) is 0 Å². The summed E-state index contributed by atoms with van der Waals surface area (Å²) in [6.45, 7) is 0. The van der Waals surface area contributed by atoms with Gasteiger partial charge in [-0.2, -0.15) is 0 Å². The molecule has 0 aliphatic heterocycles. The van der Waals surface area contributed by atoms with E-state index in [9.17, 15) is 9.59 Å². The monoisotopic (exact) mass is 338 g/mol. The van der Waals surface area contributed by atoms with Crippen LogP contribution in [0.2, 0.25) is 0 Å². The molecule has 0 fully saturated rings. The van der Waals surface area contributed by atoms with Crippen LogP contribution in [0.1, 0.15) is 20.9 Å². The maximum atomic E-state index is 12.3. The van der Waals surface area contributed by atoms with E-state index in [4.69, 9.17) is 5.73 Å². The SMILES string of the molecule is [NH]c1ncccc1C(=O)c1nnc(NC(=O)Cc2ccccc2)s1. The van der Waals surface area contributed by atoms with Gasteiger partial charge in [-0.15, -0.1) is 10.2 Å². The van der Waals surface area contributed by atoms with Crippen LogP contribution in [0.25, 0.3) is 0 Å². The maximum Gasteiger partial charge on any atom is 0.230 e. The molecule has 0 spiro atoms. The number of hydrogen-bond acceptors (Lipinski definition) is 6. The third-order valence-electron chi connectivity index (χ3n) is 3.13. The topological polar surface area (TPSA) is 109 Å². The Morgan fingerprint density at radius 3 is 2.62 bits per heavy atom. The first kappa shape index (κ1) is 15.8. The van der Waals surface area contributed by atoms with Crippen LogP contribution in [0.3, 0.4) is 0 Å². The summed E-state index contributed by atoms with van der Waals surface area (Å²) in [5.74, 6) is -0.791. The van der Waals surface area contributed by atoms with Crippen molar-refractivity contribution in [2.45, 2.75) is 6.42 Å². The van der Waals surface area contributed by atoms with Crippen molar-refractivity contribution in [3.63, 3.8) is 0 Å². The molecular weight excluding hydrogens is 326 g/mol. The number of carbonyl (C=O) groups excluding carboxylic acids is 2. The van der Waals surface area contributed by atoms with Crippen LogP contribution in [0, 0.1) is 0 Å². The van der Waals surface area contributed by atoms with Gasteiger partial charge >= 0.3 is 0 Å². The molecule has 0 atom stereocenters. The van der Waals surface area contributed by atoms with E-state index in [0.717, 1.165) is 16.9 Å². The molecule has 2 heterocycles. The number of anilines is 1. The Hall–Kier alpha value is -3.13. The molecule has 8 heteroatoms. The standard InChI is InChI=1S/C16H12N5O2S/c17-14-11(7-4-8-18-14)13(23)15-20-21-16(24-15)19-12(22)9-10-5-2-1-3-6-10/h1-8,17H,9H2,(H,19,21,22). The van der Waals surface area contributed by atoms with Gasteiger partial charge in [0.05, 0.1) is 12.0 Å². The van der Waals surface area contributed by atoms with Crippen molar-refractivity contribution >= 4 is 34.0 Å². The molecule has 0 bridgehead atoms. The Morgan fingerprint density at radius 2 is 1.88 bits per heavy atom. The molecule has 24 heavy (non-hydrogen) atoms. The Morgan fingerprint density at radius 1 is 1.08 bits per heavy atom. The van der Waals surface area contributed by atoms with Gasteiger partial charge in [0, 0.05) is 6.20 Å². The number of aromatic nitrogens is 3. The van der Waals surface area contributed by atoms with Crippen LogP contribution >= 0.6 is 11.3 Å². The van der Waals surface area contributed by atoms with Crippen molar-refractivity contribution in [2.75, 3.05) is 5.32 Å². The summed E-state index contributed by atoms with van der Waals surface area (Å²) in [5.41, 5.74) is 8.68. The molecular formula is C16H12N5O2S. The highest BCUT2D eigenvalue weighted by Crippen LogP contribution is 2.21. The molecule has 1 aromatic carbocycles. The van der Waals surface area contributed by atoms with Gasteiger partial charge in [0.2, 0.25) is 16.8 Å². The summed E-state index contributed by atoms with van der Waals surface area (Å²) < 4.78 is 0. The second kappa shape index (κ2) is 6.97. The van der Waals surface area contributed by atoms with Crippen LogP contribution in [0.4, 0.5) is 10.9 Å². The lowest BCUT2D eigenvalue weighted by Gasteiger charge is -2.01. The summed E-state index contributed by atoms with van der Waals surface area (Å²) in [5, 5.41) is 10.6. The van der Waals surface area contributed by atoms with E-state index in [1.807, 2.05) is 30.3 Å². The van der Waals surface area contributed by atoms with Crippen LogP contribution in [-0.4, -0.2) is 26.9 Å². The van der Waals surface area contributed by atoms with Crippen molar-refractivity contribution in [1.82, 2.24) is 20.9 Å². The van der Waals surface area contributed by atoms with Crippen molar-refractivity contribution in [2.24, 2.45) is 0 Å². The van der Waals surface area contributed by atoms with E-state index in [1.54, 1.807) is 6.07 Å². The zero-order chi connectivity index (χ0) is 16.9. The molecule has 2 aromatic heterocycles. The smallest absolute Gasteiger partial charge is 0.230 e. The normalized spacial score (nSPS) is 10.3. The first-order valence-corrected chi connectivity index (χ1v) is 7.84. The highest BCUT2D eigenvalue weighted by Gasteiger charge is 2.19. The molecule has 1 radical (unpaired) electrons. The molecule has 3 aromatic rings. The van der Waals surface area contributed by atoms with E-state index in [0.29, 0.717) is 0 Å². The average molecular weight is 338 g/mol. The minimum atomic E-state index is -0.436. The van der Waals surface area contributed by atoms with Gasteiger partial charge < -0.3 is 5.32 Å². The Labute approximate surface area is 141 Å². The van der Waals surface area contributed by atoms with Crippen LogP contribution < -0.4 is 11.1 Å². The summed E-state index contributed by atoms with van der Waals surface area (Å²) in [7, 11) is 0. The second-order valence-electron chi connectivity index (χ2n) is 4.85. The first-order chi connectivity index (χ1) is 11.6. The molecule has 2 N–H and O–H groups in total. The van der Waals surface area contributed by atoms with Gasteiger partial charge in [-0.1, -0.05) is 41.7 Å². The van der Waals surface area contributed by atoms with Crippen LogP contribution in [0.5, 0.6) is 0 Å². The number of hydrogen-bond donors (Lipinski definition) is 1. The fourth-order valence-corrected chi connectivity index (χ4v) is 2.73. The largest absolute Gasteiger partial charge is 0.300 e. The highest BCUT2D eigenvalue weighted by atomic mass is 32.1. The van der Waals surface area contributed by atoms with Crippen molar-refractivity contribution in [1.29, 1.82) is 0 Å². The van der Waals surface area contributed by atoms with Gasteiger partial charge in [-0.3, -0.25) is 15.3 Å². The number of rotatable bonds is 5. The fourth-order valence-electron chi connectivity index (χ4n) is 2.01. The van der Waals surface area contributed by atoms with Gasteiger partial charge in [0.25, 0.3) is 0 Å². The molecule has 0 unspecified atom stereocenters. The van der Waals surface area contributed by atoms with E-state index in [2.05, 4.69) is 20.5 Å². The van der Waals surface area contributed by atoms with Gasteiger partial charge in [0.15, 0.2) is 10.8 Å². The number of nitrogens with zero attached hydrogens (tertiary/aromatic N) is 3. The van der Waals surface area contributed by atoms with Gasteiger partial charge in [-0.05, 0) is 17.7 Å². The number of pyridine rings is 1. The zero-order valence-corrected chi connectivity index (χ0v) is 13.2. The molecule has 0 saturated heterocycles. The van der Waals surface area contributed by atoms with E-state index < -0.39 is 5.78 Å². The number of benzene rings is 1. The maximum absolute atomic E-state index is 12.3. The predicted octanol–water partition coefficient (Wildman–Crippen LogP) is 2.26. The molecule has 7 nitrogen and oxygen atoms in total.